The summed E-state index contributed by atoms with van der Waals surface area (Å²) in [5, 5.41) is 5.06. The molecule has 0 unspecified atom stereocenters. The van der Waals surface area contributed by atoms with Gasteiger partial charge in [-0.25, -0.2) is 0 Å². The predicted octanol–water partition coefficient (Wildman–Crippen LogP) is 14.2. The summed E-state index contributed by atoms with van der Waals surface area (Å²) in [5.41, 5.74) is 13.0. The van der Waals surface area contributed by atoms with Gasteiger partial charge in [-0.05, 0) is 95.8 Å². The van der Waals surface area contributed by atoms with E-state index in [1.807, 2.05) is 0 Å². The largest absolute Gasteiger partial charge is 0.335 e. The van der Waals surface area contributed by atoms with Gasteiger partial charge in [0.05, 0.1) is 11.2 Å². The molecule has 9 aromatic rings. The minimum Gasteiger partial charge on any atom is -0.335 e. The highest BCUT2D eigenvalue weighted by Gasteiger charge is 2.23. The first-order valence-electron chi connectivity index (χ1n) is 18.1. The minimum atomic E-state index is -0.106. The van der Waals surface area contributed by atoms with Gasteiger partial charge in [0, 0.05) is 38.8 Å². The van der Waals surface area contributed by atoms with E-state index in [1.165, 1.54) is 66.0 Å². The summed E-state index contributed by atoms with van der Waals surface area (Å²) < 4.78 is 2.50. The fourth-order valence-corrected chi connectivity index (χ4v) is 8.00. The molecule has 0 N–H and O–H groups in total. The topological polar surface area (TPSA) is 8.17 Å². The van der Waals surface area contributed by atoms with Crippen LogP contribution in [0, 0.1) is 0 Å². The maximum absolute atomic E-state index is 2.50. The van der Waals surface area contributed by atoms with E-state index in [9.17, 15) is 0 Å². The van der Waals surface area contributed by atoms with Crippen LogP contribution >= 0.6 is 0 Å². The second-order valence-corrected chi connectivity index (χ2v) is 14.6. The number of benzene rings is 8. The Hall–Kier alpha value is -6.38. The summed E-state index contributed by atoms with van der Waals surface area (Å²) in [5.74, 6) is 0. The standard InChI is InChI=1S/C50H40N2/c1-50(2,3)52-47-25-15-13-23-44(47)45-33-31-40(34-48(45)52)51(46-24-14-12-21-41(46)35-16-6-4-7-17-35)39-29-26-37(27-30-39)43-32-28-36-18-10-11-22-42(36)49(43)38-19-8-5-9-20-38/h4-34H,1-3H3. The Morgan fingerprint density at radius 2 is 0.981 bits per heavy atom. The molecule has 0 spiro atoms. The van der Waals surface area contributed by atoms with Gasteiger partial charge in [-0.15, -0.1) is 0 Å². The number of nitrogens with zero attached hydrogens (tertiary/aromatic N) is 2. The Bertz CT molecular complexity index is 2700. The number of aromatic nitrogens is 1. The zero-order valence-electron chi connectivity index (χ0n) is 29.8. The molecular formula is C50H40N2. The van der Waals surface area contributed by atoms with E-state index in [0.717, 1.165) is 17.1 Å². The van der Waals surface area contributed by atoms with Crippen LogP contribution in [0.25, 0.3) is 66.0 Å². The molecule has 0 radical (unpaired) electrons. The van der Waals surface area contributed by atoms with Crippen LogP contribution in [0.15, 0.2) is 188 Å². The van der Waals surface area contributed by atoms with Crippen molar-refractivity contribution in [3.05, 3.63) is 188 Å². The van der Waals surface area contributed by atoms with Crippen molar-refractivity contribution in [2.75, 3.05) is 4.90 Å². The van der Waals surface area contributed by atoms with E-state index in [1.54, 1.807) is 0 Å². The molecular weight excluding hydrogens is 629 g/mol. The molecule has 9 rings (SSSR count). The lowest BCUT2D eigenvalue weighted by Gasteiger charge is -2.29. The van der Waals surface area contributed by atoms with Crippen molar-refractivity contribution in [1.29, 1.82) is 0 Å². The van der Waals surface area contributed by atoms with Gasteiger partial charge in [-0.2, -0.15) is 0 Å². The minimum absolute atomic E-state index is 0.106. The summed E-state index contributed by atoms with van der Waals surface area (Å²) in [6, 6.07) is 68.4. The van der Waals surface area contributed by atoms with Gasteiger partial charge in [-0.3, -0.25) is 0 Å². The van der Waals surface area contributed by atoms with Crippen LogP contribution in [0.3, 0.4) is 0 Å². The average Bonchev–Trinajstić information content (AvgIpc) is 3.53. The fraction of sp³-hybridized carbons (Fsp3) is 0.0800. The van der Waals surface area contributed by atoms with Crippen LogP contribution in [0.1, 0.15) is 20.8 Å². The molecule has 0 saturated heterocycles. The molecule has 0 amide bonds. The van der Waals surface area contributed by atoms with Crippen LogP contribution in [-0.4, -0.2) is 4.57 Å². The molecule has 1 aromatic heterocycles. The van der Waals surface area contributed by atoms with Crippen LogP contribution in [-0.2, 0) is 5.54 Å². The van der Waals surface area contributed by atoms with Crippen molar-refractivity contribution in [2.24, 2.45) is 0 Å². The third-order valence-corrected chi connectivity index (χ3v) is 10.2. The van der Waals surface area contributed by atoms with Crippen molar-refractivity contribution < 1.29 is 0 Å². The van der Waals surface area contributed by atoms with Gasteiger partial charge >= 0.3 is 0 Å². The Morgan fingerprint density at radius 3 is 1.73 bits per heavy atom. The SMILES string of the molecule is CC(C)(C)n1c2ccccc2c2ccc(N(c3ccc(-c4ccc5ccccc5c4-c4ccccc4)cc3)c3ccccc3-c3ccccc3)cc21. The highest BCUT2D eigenvalue weighted by Crippen LogP contribution is 2.45. The van der Waals surface area contributed by atoms with Gasteiger partial charge in [0.1, 0.15) is 0 Å². The normalized spacial score (nSPS) is 11.8. The maximum Gasteiger partial charge on any atom is 0.0540 e. The van der Waals surface area contributed by atoms with Crippen LogP contribution in [0.2, 0.25) is 0 Å². The molecule has 52 heavy (non-hydrogen) atoms. The van der Waals surface area contributed by atoms with E-state index >= 15 is 0 Å². The third kappa shape index (κ3) is 5.45. The van der Waals surface area contributed by atoms with Gasteiger partial charge in [-0.1, -0.05) is 152 Å². The van der Waals surface area contributed by atoms with Crippen molar-refractivity contribution in [2.45, 2.75) is 26.3 Å². The van der Waals surface area contributed by atoms with Crippen molar-refractivity contribution in [1.82, 2.24) is 4.57 Å². The zero-order chi connectivity index (χ0) is 35.2. The van der Waals surface area contributed by atoms with E-state index in [2.05, 4.69) is 218 Å². The second-order valence-electron chi connectivity index (χ2n) is 14.6. The quantitative estimate of drug-likeness (QED) is 0.171. The lowest BCUT2D eigenvalue weighted by atomic mass is 9.89. The molecule has 1 heterocycles. The number of hydrogen-bond acceptors (Lipinski definition) is 1. The number of para-hydroxylation sites is 2. The second kappa shape index (κ2) is 12.7. The molecule has 2 nitrogen and oxygen atoms in total. The molecule has 2 heteroatoms. The Labute approximate surface area is 305 Å². The molecule has 0 atom stereocenters. The summed E-state index contributed by atoms with van der Waals surface area (Å²) in [6.45, 7) is 6.88. The Morgan fingerprint density at radius 1 is 0.404 bits per heavy atom. The number of hydrogen-bond donors (Lipinski definition) is 0. The molecule has 8 aromatic carbocycles. The molecule has 250 valence electrons. The molecule has 0 aliphatic rings. The predicted molar refractivity (Wildman–Crippen MR) is 223 cm³/mol. The van der Waals surface area contributed by atoms with Crippen molar-refractivity contribution in [3.63, 3.8) is 0 Å². The highest BCUT2D eigenvalue weighted by molar-refractivity contribution is 6.10. The molecule has 0 saturated carbocycles. The van der Waals surface area contributed by atoms with E-state index in [4.69, 9.17) is 0 Å². The van der Waals surface area contributed by atoms with Gasteiger partial charge in [0.25, 0.3) is 0 Å². The first-order chi connectivity index (χ1) is 25.5. The highest BCUT2D eigenvalue weighted by atomic mass is 15.1. The van der Waals surface area contributed by atoms with Gasteiger partial charge in [0.2, 0.25) is 0 Å². The Kier molecular flexibility index (Phi) is 7.74. The smallest absolute Gasteiger partial charge is 0.0540 e. The van der Waals surface area contributed by atoms with E-state index in [-0.39, 0.29) is 5.54 Å². The average molecular weight is 669 g/mol. The van der Waals surface area contributed by atoms with E-state index in [0.29, 0.717) is 0 Å². The number of anilines is 3. The lowest BCUT2D eigenvalue weighted by Crippen LogP contribution is -2.21. The number of rotatable bonds is 6. The fourth-order valence-electron chi connectivity index (χ4n) is 8.00. The van der Waals surface area contributed by atoms with Crippen LogP contribution < -0.4 is 4.90 Å². The molecule has 0 aliphatic heterocycles. The van der Waals surface area contributed by atoms with Crippen molar-refractivity contribution >= 4 is 49.6 Å². The lowest BCUT2D eigenvalue weighted by molar-refractivity contribution is 0.423. The summed E-state index contributed by atoms with van der Waals surface area (Å²) in [7, 11) is 0. The summed E-state index contributed by atoms with van der Waals surface area (Å²) in [6.07, 6.45) is 0. The first-order valence-corrected chi connectivity index (χ1v) is 18.1. The molecule has 0 aliphatic carbocycles. The molecule has 0 bridgehead atoms. The monoisotopic (exact) mass is 668 g/mol. The summed E-state index contributed by atoms with van der Waals surface area (Å²) >= 11 is 0. The van der Waals surface area contributed by atoms with Crippen LogP contribution in [0.5, 0.6) is 0 Å². The summed E-state index contributed by atoms with van der Waals surface area (Å²) in [4.78, 5) is 2.43. The van der Waals surface area contributed by atoms with Gasteiger partial charge < -0.3 is 9.47 Å². The van der Waals surface area contributed by atoms with Gasteiger partial charge in [0.15, 0.2) is 0 Å². The third-order valence-electron chi connectivity index (χ3n) is 10.2. The maximum atomic E-state index is 2.50. The van der Waals surface area contributed by atoms with Crippen LogP contribution in [0.4, 0.5) is 17.1 Å². The molecule has 0 fully saturated rings. The van der Waals surface area contributed by atoms with E-state index < -0.39 is 0 Å². The first kappa shape index (κ1) is 31.6. The Balaban J connectivity index is 1.25. The van der Waals surface area contributed by atoms with Crippen molar-refractivity contribution in [3.8, 4) is 33.4 Å². The number of fused-ring (bicyclic) bond motifs is 4. The zero-order valence-corrected chi connectivity index (χ0v) is 29.8.